The Morgan fingerprint density at radius 2 is 1.88 bits per heavy atom. The largest absolute Gasteiger partial charge is 0.436 e. The number of hydrogen-bond donors (Lipinski definition) is 1. The lowest BCUT2D eigenvalue weighted by molar-refractivity contribution is -0.114. The highest BCUT2D eigenvalue weighted by Crippen LogP contribution is 2.29. The number of halogens is 1. The van der Waals surface area contributed by atoms with E-state index in [0.717, 1.165) is 5.56 Å². The van der Waals surface area contributed by atoms with E-state index in [-0.39, 0.29) is 23.3 Å². The number of oxazole rings is 1. The number of fused-ring (bicyclic) bond motifs is 1. The Hall–Kier alpha value is -5.04. The summed E-state index contributed by atoms with van der Waals surface area (Å²) in [5.74, 6) is 0.0743. The molecule has 0 unspecified atom stereocenters. The number of nitrogens with zero attached hydrogens (tertiary/aromatic N) is 8. The fourth-order valence-corrected chi connectivity index (χ4v) is 4.97. The van der Waals surface area contributed by atoms with E-state index in [1.165, 1.54) is 23.9 Å². The molecule has 0 spiro atoms. The molecule has 41 heavy (non-hydrogen) atoms. The van der Waals surface area contributed by atoms with Gasteiger partial charge in [0.25, 0.3) is 5.91 Å². The average molecular weight is 556 g/mol. The maximum absolute atomic E-state index is 14.1. The van der Waals surface area contributed by atoms with Gasteiger partial charge in [0.2, 0.25) is 11.8 Å². The van der Waals surface area contributed by atoms with Crippen molar-refractivity contribution in [2.75, 3.05) is 31.5 Å². The fraction of sp³-hybridized carbons (Fsp3) is 0.250. The maximum atomic E-state index is 14.1. The van der Waals surface area contributed by atoms with Gasteiger partial charge in [-0.15, -0.1) is 10.2 Å². The number of tetrazole rings is 1. The van der Waals surface area contributed by atoms with Gasteiger partial charge < -0.3 is 14.6 Å². The predicted molar refractivity (Wildman–Crippen MR) is 146 cm³/mol. The van der Waals surface area contributed by atoms with Crippen LogP contribution in [-0.4, -0.2) is 78.0 Å². The topological polar surface area (TPSA) is 135 Å². The molecule has 1 N–H and O–H groups in total. The standard InChI is InChI=1S/C28H26FN9O3/c1-17(39)31-21-6-7-24-22(16-21)32-27(41-24)19-8-9-30-23(15-19)28(40)38-12-10-37(11-13-38)25(26-33-35-36(2)34-26)18-4-3-5-20(29)14-18/h3-9,14-16,25H,10-13H2,1-2H3,(H,31,39)/t25-/m1/s1. The summed E-state index contributed by atoms with van der Waals surface area (Å²) in [7, 11) is 1.68. The van der Waals surface area contributed by atoms with Gasteiger partial charge in [0.1, 0.15) is 17.0 Å². The Morgan fingerprint density at radius 3 is 2.61 bits per heavy atom. The third-order valence-corrected chi connectivity index (χ3v) is 6.83. The second-order valence-corrected chi connectivity index (χ2v) is 9.74. The Kier molecular flexibility index (Phi) is 6.93. The lowest BCUT2D eigenvalue weighted by Crippen LogP contribution is -2.50. The minimum atomic E-state index is -0.400. The van der Waals surface area contributed by atoms with Crippen LogP contribution in [0.25, 0.3) is 22.6 Å². The predicted octanol–water partition coefficient (Wildman–Crippen LogP) is 3.06. The van der Waals surface area contributed by atoms with Crippen molar-refractivity contribution < 1.29 is 18.4 Å². The second-order valence-electron chi connectivity index (χ2n) is 9.74. The van der Waals surface area contributed by atoms with Crippen molar-refractivity contribution in [1.82, 2.24) is 40.0 Å². The number of anilines is 1. The van der Waals surface area contributed by atoms with Gasteiger partial charge in [0.15, 0.2) is 11.4 Å². The highest BCUT2D eigenvalue weighted by Gasteiger charge is 2.32. The Balaban J connectivity index is 1.18. The number of amides is 2. The number of carbonyl (C=O) groups excluding carboxylic acids is 2. The molecule has 6 rings (SSSR count). The number of carbonyl (C=O) groups is 2. The summed E-state index contributed by atoms with van der Waals surface area (Å²) in [4.78, 5) is 38.9. The molecule has 4 heterocycles. The first-order chi connectivity index (χ1) is 19.8. The van der Waals surface area contributed by atoms with Gasteiger partial charge in [0, 0.05) is 50.6 Å². The molecule has 1 fully saturated rings. The van der Waals surface area contributed by atoms with E-state index in [2.05, 4.69) is 35.6 Å². The van der Waals surface area contributed by atoms with Crippen LogP contribution in [-0.2, 0) is 11.8 Å². The van der Waals surface area contributed by atoms with Gasteiger partial charge >= 0.3 is 0 Å². The molecule has 5 aromatic rings. The van der Waals surface area contributed by atoms with E-state index >= 15 is 0 Å². The Morgan fingerprint density at radius 1 is 1.05 bits per heavy atom. The van der Waals surface area contributed by atoms with Crippen LogP contribution in [0.15, 0.2) is 65.2 Å². The van der Waals surface area contributed by atoms with Crippen LogP contribution in [0.2, 0.25) is 0 Å². The summed E-state index contributed by atoms with van der Waals surface area (Å²) >= 11 is 0. The van der Waals surface area contributed by atoms with Crippen LogP contribution in [0.4, 0.5) is 10.1 Å². The van der Waals surface area contributed by atoms with Crippen LogP contribution in [0.5, 0.6) is 0 Å². The molecule has 2 aromatic carbocycles. The zero-order valence-corrected chi connectivity index (χ0v) is 22.4. The van der Waals surface area contributed by atoms with Gasteiger partial charge in [-0.05, 0) is 53.2 Å². The molecule has 1 aliphatic heterocycles. The fourth-order valence-electron chi connectivity index (χ4n) is 4.97. The van der Waals surface area contributed by atoms with Crippen LogP contribution >= 0.6 is 0 Å². The number of piperazine rings is 1. The second kappa shape index (κ2) is 10.8. The quantitative estimate of drug-likeness (QED) is 0.335. The van der Waals surface area contributed by atoms with Crippen molar-refractivity contribution in [3.8, 4) is 11.5 Å². The number of benzene rings is 2. The smallest absolute Gasteiger partial charge is 0.272 e. The third kappa shape index (κ3) is 5.52. The molecule has 0 bridgehead atoms. The van der Waals surface area contributed by atoms with Gasteiger partial charge in [-0.3, -0.25) is 19.5 Å². The number of hydrogen-bond acceptors (Lipinski definition) is 9. The van der Waals surface area contributed by atoms with Crippen LogP contribution in [0, 0.1) is 5.82 Å². The Labute approximate surface area is 233 Å². The van der Waals surface area contributed by atoms with Crippen molar-refractivity contribution in [1.29, 1.82) is 0 Å². The average Bonchev–Trinajstić information content (AvgIpc) is 3.59. The highest BCUT2D eigenvalue weighted by molar-refractivity contribution is 5.94. The van der Waals surface area contributed by atoms with Gasteiger partial charge in [0.05, 0.1) is 13.1 Å². The lowest BCUT2D eigenvalue weighted by atomic mass is 10.0. The summed E-state index contributed by atoms with van der Waals surface area (Å²) in [5, 5.41) is 15.2. The molecule has 1 saturated heterocycles. The van der Waals surface area contributed by atoms with Gasteiger partial charge in [-0.1, -0.05) is 12.1 Å². The highest BCUT2D eigenvalue weighted by atomic mass is 19.1. The zero-order valence-electron chi connectivity index (χ0n) is 22.4. The van der Waals surface area contributed by atoms with Crippen molar-refractivity contribution in [3.63, 3.8) is 0 Å². The van der Waals surface area contributed by atoms with Crippen molar-refractivity contribution in [2.24, 2.45) is 7.05 Å². The summed E-state index contributed by atoms with van der Waals surface area (Å²) in [6, 6.07) is 14.5. The van der Waals surface area contributed by atoms with E-state index in [9.17, 15) is 14.0 Å². The summed E-state index contributed by atoms with van der Waals surface area (Å²) in [6.45, 7) is 3.35. The van der Waals surface area contributed by atoms with E-state index in [1.807, 2.05) is 6.07 Å². The minimum Gasteiger partial charge on any atom is -0.436 e. The monoisotopic (exact) mass is 555 g/mol. The molecular weight excluding hydrogens is 529 g/mol. The van der Waals surface area contributed by atoms with Gasteiger partial charge in [-0.2, -0.15) is 4.80 Å². The third-order valence-electron chi connectivity index (χ3n) is 6.83. The minimum absolute atomic E-state index is 0.180. The zero-order chi connectivity index (χ0) is 28.5. The van der Waals surface area contributed by atoms with Crippen molar-refractivity contribution in [3.05, 3.63) is 83.7 Å². The molecular formula is C28H26FN9O3. The van der Waals surface area contributed by atoms with E-state index in [0.29, 0.717) is 60.2 Å². The first-order valence-electron chi connectivity index (χ1n) is 13.0. The molecule has 0 radical (unpaired) electrons. The number of aryl methyl sites for hydroxylation is 1. The summed E-state index contributed by atoms with van der Waals surface area (Å²) < 4.78 is 20.0. The molecule has 0 aliphatic carbocycles. The van der Waals surface area contributed by atoms with Crippen LogP contribution in [0.3, 0.4) is 0 Å². The van der Waals surface area contributed by atoms with Crippen molar-refractivity contribution in [2.45, 2.75) is 13.0 Å². The van der Waals surface area contributed by atoms with Crippen LogP contribution in [0.1, 0.15) is 34.8 Å². The Bertz CT molecular complexity index is 1740. The first-order valence-corrected chi connectivity index (χ1v) is 13.0. The van der Waals surface area contributed by atoms with Crippen molar-refractivity contribution >= 4 is 28.6 Å². The number of nitrogens with one attached hydrogen (secondary N) is 1. The van der Waals surface area contributed by atoms with E-state index in [1.54, 1.807) is 54.5 Å². The first kappa shape index (κ1) is 26.2. The summed E-state index contributed by atoms with van der Waals surface area (Å²) in [6.07, 6.45) is 1.55. The lowest BCUT2D eigenvalue weighted by Gasteiger charge is -2.38. The number of pyridine rings is 1. The van der Waals surface area contributed by atoms with Gasteiger partial charge in [-0.25, -0.2) is 9.37 Å². The summed E-state index contributed by atoms with van der Waals surface area (Å²) in [5.41, 5.74) is 3.35. The molecule has 0 saturated carbocycles. The molecule has 3 aromatic heterocycles. The number of rotatable bonds is 6. The maximum Gasteiger partial charge on any atom is 0.272 e. The molecule has 208 valence electrons. The van der Waals surface area contributed by atoms with Crippen LogP contribution < -0.4 is 5.32 Å². The molecule has 2 amide bonds. The van der Waals surface area contributed by atoms with E-state index in [4.69, 9.17) is 4.42 Å². The molecule has 1 aliphatic rings. The SMILES string of the molecule is CC(=O)Nc1ccc2oc(-c3ccnc(C(=O)N4CCN([C@H](c5cccc(F)c5)c5nnn(C)n5)CC4)c3)nc2c1. The normalized spacial score (nSPS) is 14.8. The molecule has 12 nitrogen and oxygen atoms in total. The number of aromatic nitrogens is 6. The molecule has 13 heteroatoms. The van der Waals surface area contributed by atoms with E-state index < -0.39 is 6.04 Å². The molecule has 1 atom stereocenters.